The second kappa shape index (κ2) is 6.46. The van der Waals surface area contributed by atoms with Crippen LogP contribution in [0, 0.1) is 11.3 Å². The lowest BCUT2D eigenvalue weighted by Crippen LogP contribution is -2.30. The molecule has 4 heteroatoms. The number of nitrogens with one attached hydrogen (secondary N) is 1. The van der Waals surface area contributed by atoms with Gasteiger partial charge in [0.1, 0.15) is 6.07 Å². The molecule has 4 nitrogen and oxygen atoms in total. The van der Waals surface area contributed by atoms with Crippen molar-refractivity contribution in [3.05, 3.63) is 29.3 Å². The molecule has 0 bridgehead atoms. The van der Waals surface area contributed by atoms with Crippen LogP contribution in [0.4, 0.5) is 5.69 Å². The lowest BCUT2D eigenvalue weighted by molar-refractivity contribution is 0.205. The van der Waals surface area contributed by atoms with Gasteiger partial charge in [0, 0.05) is 32.3 Å². The zero-order valence-corrected chi connectivity index (χ0v) is 12.6. The zero-order chi connectivity index (χ0) is 14.7. The molecule has 0 heterocycles. The summed E-state index contributed by atoms with van der Waals surface area (Å²) in [5.74, 6) is 0. The molecule has 0 atom stereocenters. The van der Waals surface area contributed by atoms with Crippen LogP contribution in [-0.2, 0) is 11.3 Å². The Kier molecular flexibility index (Phi) is 4.42. The average molecular weight is 285 g/mol. The van der Waals surface area contributed by atoms with Crippen molar-refractivity contribution in [2.45, 2.75) is 44.3 Å². The summed E-state index contributed by atoms with van der Waals surface area (Å²) in [6, 6.07) is 9.94. The van der Waals surface area contributed by atoms with E-state index < -0.39 is 0 Å². The Balaban J connectivity index is 1.74. The Labute approximate surface area is 126 Å². The maximum absolute atomic E-state index is 9.48. The van der Waals surface area contributed by atoms with Gasteiger partial charge in [0.05, 0.1) is 17.9 Å². The van der Waals surface area contributed by atoms with E-state index in [1.165, 1.54) is 31.2 Å². The van der Waals surface area contributed by atoms with Gasteiger partial charge >= 0.3 is 0 Å². The van der Waals surface area contributed by atoms with E-state index >= 15 is 0 Å². The lowest BCUT2D eigenvalue weighted by Gasteiger charge is -2.25. The second-order valence-corrected chi connectivity index (χ2v) is 6.04. The van der Waals surface area contributed by atoms with Crippen molar-refractivity contribution in [1.82, 2.24) is 5.32 Å². The lowest BCUT2D eigenvalue weighted by atomic mass is 10.1. The number of anilines is 1. The third-order valence-corrected chi connectivity index (χ3v) is 4.19. The van der Waals surface area contributed by atoms with Gasteiger partial charge in [0.2, 0.25) is 0 Å². The van der Waals surface area contributed by atoms with Crippen LogP contribution in [0.5, 0.6) is 0 Å². The molecule has 0 aliphatic heterocycles. The Bertz CT molecular complexity index is 529. The van der Waals surface area contributed by atoms with Gasteiger partial charge in [-0.25, -0.2) is 0 Å². The number of hydrogen-bond donors (Lipinski definition) is 1. The highest BCUT2D eigenvalue weighted by Gasteiger charge is 2.30. The molecule has 3 rings (SSSR count). The van der Waals surface area contributed by atoms with Gasteiger partial charge in [-0.2, -0.15) is 5.26 Å². The van der Waals surface area contributed by atoms with Gasteiger partial charge < -0.3 is 15.0 Å². The number of hydrogen-bond acceptors (Lipinski definition) is 4. The van der Waals surface area contributed by atoms with Gasteiger partial charge in [0.15, 0.2) is 0 Å². The standard InChI is InChI=1S/C17H23N3O/c1-21-9-8-20(16-5-6-16)17-7-2-13(10-14(17)11-18)12-19-15-3-4-15/h2,7,10,15-16,19H,3-6,8-9,12H2,1H3. The highest BCUT2D eigenvalue weighted by molar-refractivity contribution is 5.61. The molecule has 1 aromatic carbocycles. The van der Waals surface area contributed by atoms with Crippen LogP contribution in [-0.4, -0.2) is 32.3 Å². The molecule has 0 saturated heterocycles. The van der Waals surface area contributed by atoms with Crippen LogP contribution >= 0.6 is 0 Å². The first kappa shape index (κ1) is 14.4. The first-order valence-electron chi connectivity index (χ1n) is 7.84. The van der Waals surface area contributed by atoms with Crippen LogP contribution in [0.3, 0.4) is 0 Å². The van der Waals surface area contributed by atoms with Gasteiger partial charge in [-0.1, -0.05) is 6.07 Å². The number of nitriles is 1. The molecule has 2 aliphatic rings. The predicted molar refractivity (Wildman–Crippen MR) is 83.3 cm³/mol. The molecule has 1 N–H and O–H groups in total. The Hall–Kier alpha value is -1.57. The molecule has 2 aliphatic carbocycles. The monoisotopic (exact) mass is 285 g/mol. The minimum atomic E-state index is 0.586. The van der Waals surface area contributed by atoms with E-state index in [1.807, 2.05) is 6.07 Å². The maximum Gasteiger partial charge on any atom is 0.101 e. The van der Waals surface area contributed by atoms with Crippen molar-refractivity contribution in [3.63, 3.8) is 0 Å². The zero-order valence-electron chi connectivity index (χ0n) is 12.6. The maximum atomic E-state index is 9.48. The summed E-state index contributed by atoms with van der Waals surface area (Å²) in [6.07, 6.45) is 5.02. The number of rotatable bonds is 8. The average Bonchev–Trinajstić information content (AvgIpc) is 3.39. The molecule has 0 amide bonds. The van der Waals surface area contributed by atoms with Crippen LogP contribution in [0.2, 0.25) is 0 Å². The Morgan fingerprint density at radius 2 is 2.14 bits per heavy atom. The minimum absolute atomic E-state index is 0.586. The molecule has 1 aromatic rings. The molecule has 21 heavy (non-hydrogen) atoms. The smallest absolute Gasteiger partial charge is 0.101 e. The second-order valence-electron chi connectivity index (χ2n) is 6.04. The molecule has 0 spiro atoms. The first-order chi connectivity index (χ1) is 10.3. The molecule has 0 aromatic heterocycles. The van der Waals surface area contributed by atoms with Crippen LogP contribution < -0.4 is 10.2 Å². The number of ether oxygens (including phenoxy) is 1. The van der Waals surface area contributed by atoms with Gasteiger partial charge in [-0.05, 0) is 43.4 Å². The highest BCUT2D eigenvalue weighted by atomic mass is 16.5. The van der Waals surface area contributed by atoms with Gasteiger partial charge in [-0.3, -0.25) is 0 Å². The van der Waals surface area contributed by atoms with E-state index in [1.54, 1.807) is 7.11 Å². The van der Waals surface area contributed by atoms with Crippen molar-refractivity contribution in [2.24, 2.45) is 0 Å². The molecular weight excluding hydrogens is 262 g/mol. The third-order valence-electron chi connectivity index (χ3n) is 4.19. The largest absolute Gasteiger partial charge is 0.383 e. The van der Waals surface area contributed by atoms with Gasteiger partial charge in [0.25, 0.3) is 0 Å². The van der Waals surface area contributed by atoms with E-state index in [0.717, 1.165) is 24.3 Å². The van der Waals surface area contributed by atoms with Crippen molar-refractivity contribution in [2.75, 3.05) is 25.2 Å². The first-order valence-corrected chi connectivity index (χ1v) is 7.84. The predicted octanol–water partition coefficient (Wildman–Crippen LogP) is 2.43. The van der Waals surface area contributed by atoms with E-state index in [0.29, 0.717) is 18.7 Å². The van der Waals surface area contributed by atoms with Crippen molar-refractivity contribution >= 4 is 5.69 Å². The number of benzene rings is 1. The Morgan fingerprint density at radius 1 is 1.33 bits per heavy atom. The summed E-state index contributed by atoms with van der Waals surface area (Å²) in [7, 11) is 1.73. The van der Waals surface area contributed by atoms with Crippen LogP contribution in [0.1, 0.15) is 36.8 Å². The SMILES string of the molecule is COCCN(c1ccc(CNC2CC2)cc1C#N)C1CC1. The summed E-state index contributed by atoms with van der Waals surface area (Å²) in [5, 5.41) is 13.0. The third kappa shape index (κ3) is 3.75. The summed E-state index contributed by atoms with van der Waals surface area (Å²) >= 11 is 0. The van der Waals surface area contributed by atoms with E-state index in [4.69, 9.17) is 4.74 Å². The summed E-state index contributed by atoms with van der Waals surface area (Å²) < 4.78 is 5.21. The molecule has 2 fully saturated rings. The Morgan fingerprint density at radius 3 is 2.76 bits per heavy atom. The molecule has 112 valence electrons. The molecule has 0 unspecified atom stereocenters. The van der Waals surface area contributed by atoms with E-state index in [2.05, 4.69) is 28.4 Å². The summed E-state index contributed by atoms with van der Waals surface area (Å²) in [5.41, 5.74) is 3.05. The van der Waals surface area contributed by atoms with Crippen molar-refractivity contribution in [3.8, 4) is 6.07 Å². The van der Waals surface area contributed by atoms with E-state index in [9.17, 15) is 5.26 Å². The molecule has 0 radical (unpaired) electrons. The topological polar surface area (TPSA) is 48.3 Å². The van der Waals surface area contributed by atoms with Crippen molar-refractivity contribution in [1.29, 1.82) is 5.26 Å². The fraction of sp³-hybridized carbons (Fsp3) is 0.588. The number of methoxy groups -OCH3 is 1. The molecular formula is C17H23N3O. The van der Waals surface area contributed by atoms with Gasteiger partial charge in [-0.15, -0.1) is 0 Å². The minimum Gasteiger partial charge on any atom is -0.383 e. The van der Waals surface area contributed by atoms with E-state index in [-0.39, 0.29) is 0 Å². The summed E-state index contributed by atoms with van der Waals surface area (Å²) in [4.78, 5) is 2.33. The van der Waals surface area contributed by atoms with Crippen LogP contribution in [0.15, 0.2) is 18.2 Å². The fourth-order valence-corrected chi connectivity index (χ4v) is 2.66. The van der Waals surface area contributed by atoms with Crippen LogP contribution in [0.25, 0.3) is 0 Å². The van der Waals surface area contributed by atoms with Crippen molar-refractivity contribution < 1.29 is 4.74 Å². The quantitative estimate of drug-likeness (QED) is 0.797. The number of nitrogens with zero attached hydrogens (tertiary/aromatic N) is 2. The normalized spacial score (nSPS) is 17.5. The fourth-order valence-electron chi connectivity index (χ4n) is 2.66. The molecule has 2 saturated carbocycles. The highest BCUT2D eigenvalue weighted by Crippen LogP contribution is 2.33. The summed E-state index contributed by atoms with van der Waals surface area (Å²) in [6.45, 7) is 2.42.